The van der Waals surface area contributed by atoms with Gasteiger partial charge in [-0.05, 0) is 45.7 Å². The van der Waals surface area contributed by atoms with Crippen LogP contribution in [0.25, 0.3) is 0 Å². The minimum atomic E-state index is 0.226. The van der Waals surface area contributed by atoms with Crippen LogP contribution in [-0.4, -0.2) is 50.3 Å². The average molecular weight is 228 g/mol. The first-order chi connectivity index (χ1) is 7.57. The van der Waals surface area contributed by atoms with Crippen molar-refractivity contribution >= 4 is 0 Å². The molecule has 0 amide bonds. The molecule has 1 atom stereocenters. The number of methoxy groups -OCH3 is 1. The van der Waals surface area contributed by atoms with E-state index in [9.17, 15) is 0 Å². The van der Waals surface area contributed by atoms with Gasteiger partial charge in [-0.1, -0.05) is 6.92 Å². The van der Waals surface area contributed by atoms with Gasteiger partial charge in [0.1, 0.15) is 0 Å². The second-order valence-electron chi connectivity index (χ2n) is 5.61. The first-order valence-corrected chi connectivity index (χ1v) is 6.53. The lowest BCUT2D eigenvalue weighted by Crippen LogP contribution is -2.51. The minimum Gasteiger partial charge on any atom is -0.384 e. The Morgan fingerprint density at radius 3 is 2.81 bits per heavy atom. The smallest absolute Gasteiger partial charge is 0.0502 e. The molecule has 3 heteroatoms. The summed E-state index contributed by atoms with van der Waals surface area (Å²) in [5.74, 6) is 0.733. The van der Waals surface area contributed by atoms with Crippen LogP contribution in [0.5, 0.6) is 0 Å². The van der Waals surface area contributed by atoms with E-state index in [1.807, 2.05) is 7.11 Å². The van der Waals surface area contributed by atoms with Crippen molar-refractivity contribution in [3.63, 3.8) is 0 Å². The van der Waals surface area contributed by atoms with Crippen molar-refractivity contribution in [3.05, 3.63) is 0 Å². The molecule has 0 aliphatic carbocycles. The van der Waals surface area contributed by atoms with E-state index in [1.165, 1.54) is 25.9 Å². The van der Waals surface area contributed by atoms with Gasteiger partial charge >= 0.3 is 0 Å². The van der Waals surface area contributed by atoms with Crippen molar-refractivity contribution in [2.45, 2.75) is 39.2 Å². The van der Waals surface area contributed by atoms with Crippen molar-refractivity contribution in [1.29, 1.82) is 0 Å². The van der Waals surface area contributed by atoms with E-state index in [1.54, 1.807) is 0 Å². The Morgan fingerprint density at radius 2 is 2.19 bits per heavy atom. The summed E-state index contributed by atoms with van der Waals surface area (Å²) in [6.45, 7) is 12.3. The molecule has 1 saturated heterocycles. The monoisotopic (exact) mass is 228 g/mol. The van der Waals surface area contributed by atoms with E-state index < -0.39 is 0 Å². The highest BCUT2D eigenvalue weighted by molar-refractivity contribution is 4.84. The number of likely N-dealkylation sites (N-methyl/N-ethyl adjacent to an activating group) is 1. The van der Waals surface area contributed by atoms with E-state index in [-0.39, 0.29) is 5.54 Å². The Balaban J connectivity index is 2.36. The summed E-state index contributed by atoms with van der Waals surface area (Å²) in [5, 5.41) is 3.54. The quantitative estimate of drug-likeness (QED) is 0.749. The van der Waals surface area contributed by atoms with Gasteiger partial charge in [0, 0.05) is 25.7 Å². The molecule has 0 aromatic heterocycles. The molecule has 1 aliphatic rings. The summed E-state index contributed by atoms with van der Waals surface area (Å²) < 4.78 is 5.26. The molecule has 1 fully saturated rings. The third-order valence-corrected chi connectivity index (χ3v) is 3.28. The highest BCUT2D eigenvalue weighted by Gasteiger charge is 2.25. The zero-order valence-corrected chi connectivity index (χ0v) is 11.4. The van der Waals surface area contributed by atoms with Crippen molar-refractivity contribution in [2.75, 3.05) is 39.9 Å². The number of nitrogens with zero attached hydrogens (tertiary/aromatic N) is 1. The maximum atomic E-state index is 5.26. The number of rotatable bonds is 6. The number of hydrogen-bond acceptors (Lipinski definition) is 3. The van der Waals surface area contributed by atoms with E-state index in [0.29, 0.717) is 0 Å². The molecule has 1 heterocycles. The Labute approximate surface area is 101 Å². The zero-order chi connectivity index (χ0) is 12.0. The topological polar surface area (TPSA) is 24.5 Å². The number of piperidine rings is 1. The predicted molar refractivity (Wildman–Crippen MR) is 68.8 cm³/mol. The molecule has 0 bridgehead atoms. The summed E-state index contributed by atoms with van der Waals surface area (Å²) in [7, 11) is 1.81. The van der Waals surface area contributed by atoms with Crippen LogP contribution in [0.2, 0.25) is 0 Å². The van der Waals surface area contributed by atoms with Gasteiger partial charge in [0.15, 0.2) is 0 Å². The molecule has 0 saturated carbocycles. The first-order valence-electron chi connectivity index (χ1n) is 6.53. The SMILES string of the molecule is CCNC(C)(C)CN1CCCC(COC)C1. The summed E-state index contributed by atoms with van der Waals surface area (Å²) in [6.07, 6.45) is 2.64. The highest BCUT2D eigenvalue weighted by Crippen LogP contribution is 2.18. The van der Waals surface area contributed by atoms with Gasteiger partial charge in [-0.25, -0.2) is 0 Å². The zero-order valence-electron chi connectivity index (χ0n) is 11.4. The standard InChI is InChI=1S/C13H28N2O/c1-5-14-13(2,3)11-15-8-6-7-12(9-15)10-16-4/h12,14H,5-11H2,1-4H3. The molecule has 1 N–H and O–H groups in total. The normalized spacial score (nSPS) is 23.6. The minimum absolute atomic E-state index is 0.226. The molecule has 96 valence electrons. The maximum absolute atomic E-state index is 5.26. The van der Waals surface area contributed by atoms with Gasteiger partial charge in [0.25, 0.3) is 0 Å². The van der Waals surface area contributed by atoms with E-state index in [2.05, 4.69) is 31.0 Å². The van der Waals surface area contributed by atoms with Gasteiger partial charge in [0.2, 0.25) is 0 Å². The van der Waals surface area contributed by atoms with Crippen LogP contribution in [0.15, 0.2) is 0 Å². The van der Waals surface area contributed by atoms with Crippen LogP contribution >= 0.6 is 0 Å². The number of nitrogens with one attached hydrogen (secondary N) is 1. The number of likely N-dealkylation sites (tertiary alicyclic amines) is 1. The molecular weight excluding hydrogens is 200 g/mol. The second-order valence-corrected chi connectivity index (χ2v) is 5.61. The molecule has 1 unspecified atom stereocenters. The fourth-order valence-electron chi connectivity index (χ4n) is 2.76. The van der Waals surface area contributed by atoms with Gasteiger partial charge in [-0.2, -0.15) is 0 Å². The highest BCUT2D eigenvalue weighted by atomic mass is 16.5. The van der Waals surface area contributed by atoms with Gasteiger partial charge in [-0.15, -0.1) is 0 Å². The molecule has 1 rings (SSSR count). The number of ether oxygens (including phenoxy) is 1. The molecule has 3 nitrogen and oxygen atoms in total. The van der Waals surface area contributed by atoms with Crippen molar-refractivity contribution in [1.82, 2.24) is 10.2 Å². The van der Waals surface area contributed by atoms with Gasteiger partial charge in [0.05, 0.1) is 6.61 Å². The average Bonchev–Trinajstić information content (AvgIpc) is 2.17. The predicted octanol–water partition coefficient (Wildman–Crippen LogP) is 1.73. The molecule has 1 aliphatic heterocycles. The lowest BCUT2D eigenvalue weighted by Gasteiger charge is -2.38. The second kappa shape index (κ2) is 6.58. The van der Waals surface area contributed by atoms with Crippen molar-refractivity contribution in [3.8, 4) is 0 Å². The van der Waals surface area contributed by atoms with Crippen LogP contribution < -0.4 is 5.32 Å². The van der Waals surface area contributed by atoms with Gasteiger partial charge in [-0.3, -0.25) is 0 Å². The Bertz CT molecular complexity index is 192. The fourth-order valence-corrected chi connectivity index (χ4v) is 2.76. The van der Waals surface area contributed by atoms with Crippen LogP contribution in [0.3, 0.4) is 0 Å². The lowest BCUT2D eigenvalue weighted by atomic mass is 9.96. The van der Waals surface area contributed by atoms with Crippen LogP contribution in [-0.2, 0) is 4.74 Å². The van der Waals surface area contributed by atoms with E-state index in [4.69, 9.17) is 4.74 Å². The van der Waals surface area contributed by atoms with Crippen molar-refractivity contribution < 1.29 is 4.74 Å². The molecule has 0 aromatic rings. The third kappa shape index (κ3) is 4.81. The Kier molecular flexibility index (Phi) is 5.73. The lowest BCUT2D eigenvalue weighted by molar-refractivity contribution is 0.0779. The largest absolute Gasteiger partial charge is 0.384 e. The summed E-state index contributed by atoms with van der Waals surface area (Å²) >= 11 is 0. The molecule has 0 spiro atoms. The fraction of sp³-hybridized carbons (Fsp3) is 1.00. The first kappa shape index (κ1) is 13.9. The molecular formula is C13H28N2O. The summed E-state index contributed by atoms with van der Waals surface area (Å²) in [6, 6.07) is 0. The van der Waals surface area contributed by atoms with Crippen LogP contribution in [0.4, 0.5) is 0 Å². The number of hydrogen-bond donors (Lipinski definition) is 1. The molecule has 0 radical (unpaired) electrons. The molecule has 0 aromatic carbocycles. The van der Waals surface area contributed by atoms with Gasteiger partial charge < -0.3 is 15.0 Å². The van der Waals surface area contributed by atoms with E-state index >= 15 is 0 Å². The summed E-state index contributed by atoms with van der Waals surface area (Å²) in [4.78, 5) is 2.58. The maximum Gasteiger partial charge on any atom is 0.0502 e. The molecule has 16 heavy (non-hydrogen) atoms. The van der Waals surface area contributed by atoms with Crippen LogP contribution in [0.1, 0.15) is 33.6 Å². The van der Waals surface area contributed by atoms with Crippen molar-refractivity contribution in [2.24, 2.45) is 5.92 Å². The van der Waals surface area contributed by atoms with Crippen LogP contribution in [0, 0.1) is 5.92 Å². The third-order valence-electron chi connectivity index (χ3n) is 3.28. The Hall–Kier alpha value is -0.120. The van der Waals surface area contributed by atoms with E-state index in [0.717, 1.165) is 25.6 Å². The Morgan fingerprint density at radius 1 is 1.44 bits per heavy atom. The summed E-state index contributed by atoms with van der Waals surface area (Å²) in [5.41, 5.74) is 0.226.